The van der Waals surface area contributed by atoms with Crippen molar-refractivity contribution in [2.24, 2.45) is 0 Å². The van der Waals surface area contributed by atoms with Crippen LogP contribution in [0.4, 0.5) is 0 Å². The van der Waals surface area contributed by atoms with Crippen molar-refractivity contribution in [3.8, 4) is 51.0 Å². The molecule has 258 valence electrons. The van der Waals surface area contributed by atoms with E-state index in [1.54, 1.807) is 0 Å². The Balaban J connectivity index is 1.21. The van der Waals surface area contributed by atoms with Crippen LogP contribution in [0, 0.1) is 0 Å². The average Bonchev–Trinajstić information content (AvgIpc) is 3.77. The summed E-state index contributed by atoms with van der Waals surface area (Å²) in [6.45, 7) is 0. The number of benzene rings is 7. The van der Waals surface area contributed by atoms with Crippen molar-refractivity contribution < 1.29 is 0 Å². The van der Waals surface area contributed by atoms with Crippen LogP contribution in [-0.2, 0) is 0 Å². The van der Waals surface area contributed by atoms with Crippen LogP contribution < -0.4 is 32.8 Å². The molecular formula is C45H34B6N4S. The maximum Gasteiger partial charge on any atom is 0.164 e. The zero-order valence-electron chi connectivity index (χ0n) is 32.4. The molecule has 7 aromatic carbocycles. The van der Waals surface area contributed by atoms with Gasteiger partial charge in [0.2, 0.25) is 0 Å². The molecule has 0 saturated heterocycles. The summed E-state index contributed by atoms with van der Waals surface area (Å²) in [5.74, 6) is 1.93. The third kappa shape index (κ3) is 5.56. The molecule has 0 radical (unpaired) electrons. The van der Waals surface area contributed by atoms with Gasteiger partial charge < -0.3 is 4.57 Å². The summed E-state index contributed by atoms with van der Waals surface area (Å²) in [5, 5.41) is 5.35. The topological polar surface area (TPSA) is 43.6 Å². The molecule has 0 saturated carbocycles. The van der Waals surface area contributed by atoms with E-state index in [1.165, 1.54) is 80.3 Å². The Bertz CT molecular complexity index is 3200. The molecule has 10 aromatic rings. The Morgan fingerprint density at radius 3 is 1.62 bits per heavy atom. The Hall–Kier alpha value is -6.04. The summed E-state index contributed by atoms with van der Waals surface area (Å²) in [6.07, 6.45) is 0. The van der Waals surface area contributed by atoms with E-state index in [4.69, 9.17) is 15.0 Å². The maximum atomic E-state index is 5.16. The van der Waals surface area contributed by atoms with E-state index >= 15 is 0 Å². The molecule has 0 spiro atoms. The molecule has 4 nitrogen and oxygen atoms in total. The van der Waals surface area contributed by atoms with Crippen molar-refractivity contribution in [1.82, 2.24) is 19.5 Å². The molecule has 10 rings (SSSR count). The largest absolute Gasteiger partial charge is 0.310 e. The fourth-order valence-electron chi connectivity index (χ4n) is 8.65. The lowest BCUT2D eigenvalue weighted by Crippen LogP contribution is -2.28. The Labute approximate surface area is 335 Å². The van der Waals surface area contributed by atoms with E-state index in [2.05, 4.69) is 161 Å². The van der Waals surface area contributed by atoms with Gasteiger partial charge in [-0.3, -0.25) is 0 Å². The standard InChI is InChI=1S/C45H34B6N4S/c46-28-19-31-35-36-32-20-29(47)22-34(49)41(32)56-42(36)38(51)37(50)40(35)55(39(31)33(48)21-28)30-13-7-12-27(18-30)45-53-43(25-10-5-2-6-11-25)52-44(54-45)26-16-14-24(15-17-26)23-8-3-1-4-9-23/h1-22H,46-51H2. The van der Waals surface area contributed by atoms with Crippen molar-refractivity contribution >= 4 is 133 Å². The van der Waals surface area contributed by atoms with E-state index in [-0.39, 0.29) is 0 Å². The number of thiophene rings is 1. The molecule has 0 aliphatic carbocycles. The third-order valence-electron chi connectivity index (χ3n) is 11.3. The molecular weight excluding hydrogens is 693 g/mol. The SMILES string of the molecule is Bc1cc(B)c2sc3c(B)c(B)c4c(c5cc(B)cc(B)c5n4-c4cccc(-c5nc(-c6ccccc6)nc(-c6ccc(-c7ccccc7)cc6)n5)c4)c3c2c1. The first kappa shape index (κ1) is 34.4. The summed E-state index contributed by atoms with van der Waals surface area (Å²) in [6, 6.07) is 47.3. The Kier molecular flexibility index (Phi) is 8.19. The van der Waals surface area contributed by atoms with Gasteiger partial charge >= 0.3 is 0 Å². The number of fused-ring (bicyclic) bond motifs is 7. The van der Waals surface area contributed by atoms with Gasteiger partial charge in [-0.05, 0) is 28.6 Å². The van der Waals surface area contributed by atoms with Gasteiger partial charge in [0, 0.05) is 59.0 Å². The van der Waals surface area contributed by atoms with Gasteiger partial charge in [0.05, 0.1) is 0 Å². The molecule has 0 fully saturated rings. The van der Waals surface area contributed by atoms with E-state index in [9.17, 15) is 0 Å². The summed E-state index contributed by atoms with van der Waals surface area (Å²) in [7, 11) is 13.5. The highest BCUT2D eigenvalue weighted by Crippen LogP contribution is 2.41. The van der Waals surface area contributed by atoms with E-state index in [0.717, 1.165) is 27.9 Å². The third-order valence-corrected chi connectivity index (χ3v) is 12.8. The van der Waals surface area contributed by atoms with Crippen molar-refractivity contribution in [2.45, 2.75) is 0 Å². The zero-order valence-corrected chi connectivity index (χ0v) is 33.2. The molecule has 0 amide bonds. The first-order valence-corrected chi connectivity index (χ1v) is 20.0. The fourth-order valence-corrected chi connectivity index (χ4v) is 9.97. The number of rotatable bonds is 5. The molecule has 0 bridgehead atoms. The fraction of sp³-hybridized carbons (Fsp3) is 0. The van der Waals surface area contributed by atoms with Gasteiger partial charge in [0.15, 0.2) is 17.5 Å². The number of hydrogen-bond acceptors (Lipinski definition) is 4. The van der Waals surface area contributed by atoms with Crippen LogP contribution in [-0.4, -0.2) is 66.6 Å². The summed E-state index contributed by atoms with van der Waals surface area (Å²) >= 11 is 1.94. The van der Waals surface area contributed by atoms with Crippen LogP contribution in [0.15, 0.2) is 133 Å². The Morgan fingerprint density at radius 2 is 0.946 bits per heavy atom. The van der Waals surface area contributed by atoms with Gasteiger partial charge in [0.1, 0.15) is 47.1 Å². The second kappa shape index (κ2) is 13.3. The van der Waals surface area contributed by atoms with Gasteiger partial charge in [-0.25, -0.2) is 15.0 Å². The van der Waals surface area contributed by atoms with Crippen LogP contribution in [0.1, 0.15) is 0 Å². The second-order valence-electron chi connectivity index (χ2n) is 15.2. The molecule has 0 unspecified atom stereocenters. The molecule has 0 atom stereocenters. The van der Waals surface area contributed by atoms with Gasteiger partial charge in [-0.15, -0.1) is 11.3 Å². The molecule has 0 aliphatic rings. The quantitative estimate of drug-likeness (QED) is 0.253. The van der Waals surface area contributed by atoms with E-state index in [0.29, 0.717) is 17.5 Å². The maximum absolute atomic E-state index is 5.16. The highest BCUT2D eigenvalue weighted by atomic mass is 32.1. The van der Waals surface area contributed by atoms with E-state index < -0.39 is 0 Å². The second-order valence-corrected chi connectivity index (χ2v) is 16.2. The number of aromatic nitrogens is 4. The normalized spacial score (nSPS) is 11.6. The molecule has 0 aliphatic heterocycles. The molecule has 3 aromatic heterocycles. The zero-order chi connectivity index (χ0) is 38.2. The van der Waals surface area contributed by atoms with Gasteiger partial charge in [-0.2, -0.15) is 0 Å². The first-order chi connectivity index (χ1) is 27.2. The minimum absolute atomic E-state index is 0.640. The van der Waals surface area contributed by atoms with Gasteiger partial charge in [-0.1, -0.05) is 154 Å². The summed E-state index contributed by atoms with van der Waals surface area (Å²) < 4.78 is 5.26. The van der Waals surface area contributed by atoms with Gasteiger partial charge in [0.25, 0.3) is 0 Å². The van der Waals surface area contributed by atoms with Crippen LogP contribution in [0.5, 0.6) is 0 Å². The van der Waals surface area contributed by atoms with Crippen LogP contribution in [0.25, 0.3) is 93.0 Å². The van der Waals surface area contributed by atoms with Crippen LogP contribution in [0.2, 0.25) is 0 Å². The van der Waals surface area contributed by atoms with Crippen LogP contribution in [0.3, 0.4) is 0 Å². The van der Waals surface area contributed by atoms with Crippen LogP contribution >= 0.6 is 11.3 Å². The van der Waals surface area contributed by atoms with Crippen molar-refractivity contribution in [3.63, 3.8) is 0 Å². The molecule has 3 heterocycles. The first-order valence-electron chi connectivity index (χ1n) is 19.2. The Morgan fingerprint density at radius 1 is 0.411 bits per heavy atom. The predicted octanol–water partition coefficient (Wildman–Crippen LogP) is 1.56. The minimum atomic E-state index is 0.640. The lowest BCUT2D eigenvalue weighted by molar-refractivity contribution is 1.07. The highest BCUT2D eigenvalue weighted by molar-refractivity contribution is 7.28. The predicted molar refractivity (Wildman–Crippen MR) is 258 cm³/mol. The minimum Gasteiger partial charge on any atom is -0.310 e. The summed E-state index contributed by atoms with van der Waals surface area (Å²) in [4.78, 5) is 15.3. The highest BCUT2D eigenvalue weighted by Gasteiger charge is 2.24. The lowest BCUT2D eigenvalue weighted by atomic mass is 9.77. The smallest absolute Gasteiger partial charge is 0.164 e. The van der Waals surface area contributed by atoms with Crippen molar-refractivity contribution in [3.05, 3.63) is 133 Å². The molecule has 56 heavy (non-hydrogen) atoms. The van der Waals surface area contributed by atoms with E-state index in [1.807, 2.05) is 35.6 Å². The number of hydrogen-bond donors (Lipinski definition) is 0. The molecule has 11 heteroatoms. The molecule has 0 N–H and O–H groups in total. The monoisotopic (exact) mass is 728 g/mol. The average molecular weight is 728 g/mol. The lowest BCUT2D eigenvalue weighted by Gasteiger charge is -2.15. The van der Waals surface area contributed by atoms with Crippen molar-refractivity contribution in [1.29, 1.82) is 0 Å². The summed E-state index contributed by atoms with van der Waals surface area (Å²) in [5.41, 5.74) is 16.5. The van der Waals surface area contributed by atoms with Crippen molar-refractivity contribution in [2.75, 3.05) is 0 Å². The number of nitrogens with zero attached hydrogens (tertiary/aromatic N) is 4.